The molecule has 1 aliphatic rings. The van der Waals surface area contributed by atoms with Gasteiger partial charge in [-0.2, -0.15) is 0 Å². The average Bonchev–Trinajstić information content (AvgIpc) is 3.09. The van der Waals surface area contributed by atoms with Crippen molar-refractivity contribution in [1.29, 1.82) is 0 Å². The van der Waals surface area contributed by atoms with Crippen LogP contribution in [-0.2, 0) is 0 Å². The highest BCUT2D eigenvalue weighted by Crippen LogP contribution is 2.31. The predicted molar refractivity (Wildman–Crippen MR) is 123 cm³/mol. The second-order valence-corrected chi connectivity index (χ2v) is 9.06. The van der Waals surface area contributed by atoms with Crippen LogP contribution in [0.5, 0.6) is 11.8 Å². The van der Waals surface area contributed by atoms with Crippen LogP contribution in [0.2, 0.25) is 0 Å². The quantitative estimate of drug-likeness (QED) is 0.504. The summed E-state index contributed by atoms with van der Waals surface area (Å²) in [6.45, 7) is 2.22. The van der Waals surface area contributed by atoms with E-state index in [9.17, 15) is 15.0 Å². The van der Waals surface area contributed by atoms with Crippen LogP contribution < -0.4 is 4.84 Å². The molecule has 0 unspecified atom stereocenters. The Morgan fingerprint density at radius 3 is 1.68 bits per heavy atom. The van der Waals surface area contributed by atoms with Gasteiger partial charge in [0.1, 0.15) is 0 Å². The molecule has 0 atom stereocenters. The summed E-state index contributed by atoms with van der Waals surface area (Å²) in [7, 11) is 0. The Morgan fingerprint density at radius 2 is 1.23 bits per heavy atom. The Hall–Kier alpha value is -2.49. The molecule has 2 aromatic carbocycles. The summed E-state index contributed by atoms with van der Waals surface area (Å²) in [6, 6.07) is 19.1. The van der Waals surface area contributed by atoms with Crippen molar-refractivity contribution in [3.63, 3.8) is 0 Å². The van der Waals surface area contributed by atoms with Gasteiger partial charge in [-0.1, -0.05) is 56.1 Å². The molecule has 31 heavy (non-hydrogen) atoms. The molecule has 0 radical (unpaired) electrons. The lowest BCUT2D eigenvalue weighted by atomic mass is 9.96. The van der Waals surface area contributed by atoms with Gasteiger partial charge in [-0.25, -0.2) is 4.79 Å². The summed E-state index contributed by atoms with van der Waals surface area (Å²) < 4.78 is 2.76. The first-order valence-corrected chi connectivity index (χ1v) is 11.3. The van der Waals surface area contributed by atoms with E-state index in [2.05, 4.69) is 61.0 Å². The lowest BCUT2D eigenvalue weighted by molar-refractivity contribution is 0.0516. The molecule has 1 fully saturated rings. The molecular weight excluding hydrogens is 530 g/mol. The molecule has 1 amide bonds. The van der Waals surface area contributed by atoms with Crippen molar-refractivity contribution in [1.82, 2.24) is 14.5 Å². The van der Waals surface area contributed by atoms with Gasteiger partial charge in [0.05, 0.1) is 6.04 Å². The second kappa shape index (κ2) is 9.33. The van der Waals surface area contributed by atoms with E-state index in [0.29, 0.717) is 30.9 Å². The fraction of sp³-hybridized carbons (Fsp3) is 0.227. The van der Waals surface area contributed by atoms with E-state index in [0.717, 1.165) is 8.95 Å². The number of piperazine rings is 1. The Labute approximate surface area is 196 Å². The van der Waals surface area contributed by atoms with E-state index in [4.69, 9.17) is 4.84 Å². The largest absolute Gasteiger partial charge is 0.492 e. The van der Waals surface area contributed by atoms with E-state index in [-0.39, 0.29) is 17.8 Å². The van der Waals surface area contributed by atoms with Crippen molar-refractivity contribution < 1.29 is 19.8 Å². The molecule has 7 nitrogen and oxygen atoms in total. The molecular formula is C22H21Br2N3O4. The summed E-state index contributed by atoms with van der Waals surface area (Å²) in [5.74, 6) is -0.676. The number of aromatic hydroxyl groups is 2. The molecule has 3 aromatic rings. The molecule has 2 heterocycles. The smallest absolute Gasteiger partial charge is 0.434 e. The second-order valence-electron chi connectivity index (χ2n) is 7.23. The number of carbonyl (C=O) groups is 1. The van der Waals surface area contributed by atoms with Gasteiger partial charge in [-0.05, 0) is 35.4 Å². The van der Waals surface area contributed by atoms with Gasteiger partial charge in [0, 0.05) is 47.3 Å². The van der Waals surface area contributed by atoms with Crippen LogP contribution in [0.15, 0.2) is 69.6 Å². The lowest BCUT2D eigenvalue weighted by Crippen LogP contribution is -2.51. The first kappa shape index (κ1) is 21.7. The van der Waals surface area contributed by atoms with Crippen molar-refractivity contribution in [2.75, 3.05) is 26.2 Å². The Kier molecular flexibility index (Phi) is 6.54. The molecule has 0 bridgehead atoms. The number of benzene rings is 2. The van der Waals surface area contributed by atoms with Gasteiger partial charge in [0.15, 0.2) is 0 Å². The molecule has 1 aromatic heterocycles. The average molecular weight is 551 g/mol. The highest BCUT2D eigenvalue weighted by Gasteiger charge is 2.29. The molecule has 0 aliphatic carbocycles. The molecule has 9 heteroatoms. The van der Waals surface area contributed by atoms with Crippen molar-refractivity contribution in [2.24, 2.45) is 0 Å². The first-order valence-electron chi connectivity index (χ1n) is 9.74. The zero-order valence-electron chi connectivity index (χ0n) is 16.5. The number of aromatic nitrogens is 1. The van der Waals surface area contributed by atoms with Gasteiger partial charge < -0.3 is 20.0 Å². The van der Waals surface area contributed by atoms with Crippen molar-refractivity contribution >= 4 is 38.0 Å². The number of hydrogen-bond acceptors (Lipinski definition) is 5. The molecule has 162 valence electrons. The Bertz CT molecular complexity index is 981. The lowest BCUT2D eigenvalue weighted by Gasteiger charge is -2.39. The van der Waals surface area contributed by atoms with Crippen LogP contribution in [0, 0.1) is 0 Å². The highest BCUT2D eigenvalue weighted by molar-refractivity contribution is 9.10. The number of amides is 1. The molecule has 4 rings (SSSR count). The predicted octanol–water partition coefficient (Wildman–Crippen LogP) is 4.38. The van der Waals surface area contributed by atoms with E-state index in [1.807, 2.05) is 24.3 Å². The zero-order chi connectivity index (χ0) is 22.0. The number of carbonyl (C=O) groups excluding carboxylic acids is 1. The van der Waals surface area contributed by atoms with Crippen molar-refractivity contribution in [3.8, 4) is 11.8 Å². The fourth-order valence-corrected chi connectivity index (χ4v) is 4.23. The number of hydrogen-bond donors (Lipinski definition) is 2. The Balaban J connectivity index is 1.49. The topological polar surface area (TPSA) is 78.2 Å². The summed E-state index contributed by atoms with van der Waals surface area (Å²) in [6.07, 6.45) is -0.620. The first-order chi connectivity index (χ1) is 14.9. The van der Waals surface area contributed by atoms with Gasteiger partial charge in [-0.15, -0.1) is 4.73 Å². The van der Waals surface area contributed by atoms with Crippen LogP contribution in [0.25, 0.3) is 0 Å². The number of halogens is 2. The minimum Gasteiger partial charge on any atom is -0.492 e. The van der Waals surface area contributed by atoms with Crippen LogP contribution >= 0.6 is 31.9 Å². The molecule has 1 aliphatic heterocycles. The van der Waals surface area contributed by atoms with Crippen LogP contribution in [0.3, 0.4) is 0 Å². The number of nitrogens with zero attached hydrogens (tertiary/aromatic N) is 3. The summed E-state index contributed by atoms with van der Waals surface area (Å²) in [5, 5.41) is 19.4. The van der Waals surface area contributed by atoms with Gasteiger partial charge >= 0.3 is 6.09 Å². The standard InChI is InChI=1S/C22H21Br2N3O4/c23-17-5-1-15(2-6-17)21(16-3-7-18(24)8-4-16)25-11-13-26(14-12-25)22(30)31-27-19(28)9-10-20(27)29/h1-10,21,28-29H,11-14H2. The van der Waals surface area contributed by atoms with Gasteiger partial charge in [0.25, 0.3) is 0 Å². The zero-order valence-corrected chi connectivity index (χ0v) is 19.7. The maximum Gasteiger partial charge on any atom is 0.434 e. The van der Waals surface area contributed by atoms with E-state index in [1.54, 1.807) is 4.90 Å². The van der Waals surface area contributed by atoms with E-state index >= 15 is 0 Å². The third kappa shape index (κ3) is 4.89. The monoisotopic (exact) mass is 549 g/mol. The Morgan fingerprint density at radius 1 is 0.774 bits per heavy atom. The normalized spacial score (nSPS) is 14.7. The SMILES string of the molecule is O=C(On1c(O)ccc1O)N1CCN(C(c2ccc(Br)cc2)c2ccc(Br)cc2)CC1. The van der Waals surface area contributed by atoms with Gasteiger partial charge in [0.2, 0.25) is 11.8 Å². The van der Waals surface area contributed by atoms with E-state index < -0.39 is 6.09 Å². The molecule has 2 N–H and O–H groups in total. The maximum absolute atomic E-state index is 12.5. The van der Waals surface area contributed by atoms with Crippen LogP contribution in [0.4, 0.5) is 4.79 Å². The molecule has 0 spiro atoms. The number of rotatable bonds is 4. The maximum atomic E-state index is 12.5. The van der Waals surface area contributed by atoms with Gasteiger partial charge in [-0.3, -0.25) is 4.90 Å². The van der Waals surface area contributed by atoms with Crippen molar-refractivity contribution in [3.05, 3.63) is 80.7 Å². The third-order valence-electron chi connectivity index (χ3n) is 5.28. The molecule has 1 saturated heterocycles. The van der Waals surface area contributed by atoms with E-state index in [1.165, 1.54) is 23.3 Å². The van der Waals surface area contributed by atoms with Crippen molar-refractivity contribution in [2.45, 2.75) is 6.04 Å². The van der Waals surface area contributed by atoms with Crippen LogP contribution in [-0.4, -0.2) is 57.0 Å². The van der Waals surface area contributed by atoms with Crippen LogP contribution in [0.1, 0.15) is 17.2 Å². The minimum atomic E-state index is -0.620. The minimum absolute atomic E-state index is 0.0527. The molecule has 0 saturated carbocycles. The fourth-order valence-electron chi connectivity index (χ4n) is 3.70. The summed E-state index contributed by atoms with van der Waals surface area (Å²) in [4.78, 5) is 21.5. The summed E-state index contributed by atoms with van der Waals surface area (Å²) in [5.41, 5.74) is 2.34. The highest BCUT2D eigenvalue weighted by atomic mass is 79.9. The summed E-state index contributed by atoms with van der Waals surface area (Å²) >= 11 is 7.00. The third-order valence-corrected chi connectivity index (χ3v) is 6.33.